The maximum absolute atomic E-state index is 13.9. The van der Waals surface area contributed by atoms with E-state index in [-0.39, 0.29) is 29.5 Å². The van der Waals surface area contributed by atoms with Gasteiger partial charge in [-0.25, -0.2) is 4.39 Å². The van der Waals surface area contributed by atoms with Gasteiger partial charge in [0.2, 0.25) is 5.91 Å². The molecule has 0 spiro atoms. The van der Waals surface area contributed by atoms with Crippen LogP contribution in [-0.4, -0.2) is 62.5 Å². The first kappa shape index (κ1) is 25.4. The van der Waals surface area contributed by atoms with Crippen molar-refractivity contribution >= 4 is 23.1 Å². The van der Waals surface area contributed by atoms with Gasteiger partial charge >= 0.3 is 0 Å². The largest absolute Gasteiger partial charge is 0.379 e. The highest BCUT2D eigenvalue weighted by Gasteiger charge is 2.41. The summed E-state index contributed by atoms with van der Waals surface area (Å²) in [5.41, 5.74) is 3.81. The molecule has 2 N–H and O–H groups in total. The molecule has 2 aromatic rings. The Morgan fingerprint density at radius 3 is 2.59 bits per heavy atom. The molecule has 1 atom stereocenters. The number of carbonyl (C=O) groups excluding carboxylic acids is 2. The zero-order valence-corrected chi connectivity index (χ0v) is 21.6. The molecule has 1 aliphatic carbocycles. The van der Waals surface area contributed by atoms with Crippen molar-refractivity contribution in [1.82, 2.24) is 10.2 Å². The first-order chi connectivity index (χ1) is 17.8. The summed E-state index contributed by atoms with van der Waals surface area (Å²) < 4.78 is 19.3. The lowest BCUT2D eigenvalue weighted by Crippen LogP contribution is -2.45. The Bertz CT molecular complexity index is 1190. The Kier molecular flexibility index (Phi) is 7.31. The number of hydrogen-bond acceptors (Lipinski definition) is 6. The Balaban J connectivity index is 1.49. The number of anilines is 2. The number of Topliss-reactive ketones (excluding diaryl/α,β-unsaturated/α-hetero) is 1. The minimum atomic E-state index is -0.514. The Hall–Kier alpha value is -3.23. The van der Waals surface area contributed by atoms with E-state index < -0.39 is 6.04 Å². The molecule has 2 heterocycles. The molecule has 5 rings (SSSR count). The van der Waals surface area contributed by atoms with Gasteiger partial charge in [-0.1, -0.05) is 38.1 Å². The summed E-state index contributed by atoms with van der Waals surface area (Å²) in [6, 6.07) is 13.6. The van der Waals surface area contributed by atoms with Gasteiger partial charge in [0.05, 0.1) is 37.2 Å². The third kappa shape index (κ3) is 5.70. The fraction of sp³-hybridized carbons (Fsp3) is 0.448. The van der Waals surface area contributed by atoms with E-state index in [1.54, 1.807) is 12.1 Å². The van der Waals surface area contributed by atoms with Crippen molar-refractivity contribution in [3.63, 3.8) is 0 Å². The van der Waals surface area contributed by atoms with E-state index in [4.69, 9.17) is 4.74 Å². The summed E-state index contributed by atoms with van der Waals surface area (Å²) in [7, 11) is 0. The second-order valence-corrected chi connectivity index (χ2v) is 10.9. The number of ketones is 1. The molecule has 0 bridgehead atoms. The Morgan fingerprint density at radius 2 is 1.84 bits per heavy atom. The Morgan fingerprint density at radius 1 is 1.11 bits per heavy atom. The van der Waals surface area contributed by atoms with Crippen LogP contribution >= 0.6 is 0 Å². The monoisotopic (exact) mass is 506 g/mol. The van der Waals surface area contributed by atoms with Crippen LogP contribution in [0.1, 0.15) is 38.3 Å². The summed E-state index contributed by atoms with van der Waals surface area (Å²) in [4.78, 5) is 31.2. The van der Waals surface area contributed by atoms with Crippen LogP contribution in [0.2, 0.25) is 0 Å². The van der Waals surface area contributed by atoms with Gasteiger partial charge in [0.15, 0.2) is 5.78 Å². The maximum atomic E-state index is 13.9. The van der Waals surface area contributed by atoms with Gasteiger partial charge in [-0.05, 0) is 41.7 Å². The van der Waals surface area contributed by atoms with E-state index in [1.165, 1.54) is 12.1 Å². The van der Waals surface area contributed by atoms with Crippen LogP contribution in [-0.2, 0) is 14.3 Å². The molecule has 2 aromatic carbocycles. The van der Waals surface area contributed by atoms with E-state index in [9.17, 15) is 14.0 Å². The van der Waals surface area contributed by atoms with Crippen LogP contribution in [0.5, 0.6) is 0 Å². The predicted octanol–water partition coefficient (Wildman–Crippen LogP) is 3.89. The van der Waals surface area contributed by atoms with Gasteiger partial charge in [-0.2, -0.15) is 0 Å². The number of amides is 1. The van der Waals surface area contributed by atoms with Crippen LogP contribution in [0.15, 0.2) is 59.8 Å². The van der Waals surface area contributed by atoms with Crippen molar-refractivity contribution in [3.8, 4) is 0 Å². The minimum Gasteiger partial charge on any atom is -0.379 e. The number of allylic oxidation sites excluding steroid dienone is 1. The van der Waals surface area contributed by atoms with E-state index in [0.29, 0.717) is 38.2 Å². The molecule has 8 heteroatoms. The zero-order valence-electron chi connectivity index (χ0n) is 21.6. The Labute approximate surface area is 217 Å². The van der Waals surface area contributed by atoms with Crippen molar-refractivity contribution in [3.05, 3.63) is 71.2 Å². The number of nitrogens with zero attached hydrogens (tertiary/aromatic N) is 2. The number of benzene rings is 2. The number of para-hydroxylation sites is 2. The average molecular weight is 507 g/mol. The third-order valence-corrected chi connectivity index (χ3v) is 7.36. The van der Waals surface area contributed by atoms with Crippen molar-refractivity contribution in [1.29, 1.82) is 0 Å². The van der Waals surface area contributed by atoms with Gasteiger partial charge in [0.25, 0.3) is 0 Å². The second kappa shape index (κ2) is 10.6. The molecule has 7 nitrogen and oxygen atoms in total. The smallest absolute Gasteiger partial charge is 0.239 e. The normalized spacial score (nSPS) is 21.5. The van der Waals surface area contributed by atoms with Gasteiger partial charge in [-0.3, -0.25) is 14.5 Å². The minimum absolute atomic E-state index is 0.0543. The second-order valence-electron chi connectivity index (χ2n) is 10.9. The van der Waals surface area contributed by atoms with Crippen LogP contribution in [0.25, 0.3) is 0 Å². The van der Waals surface area contributed by atoms with Crippen molar-refractivity contribution in [2.45, 2.75) is 32.7 Å². The molecular weight excluding hydrogens is 471 g/mol. The summed E-state index contributed by atoms with van der Waals surface area (Å²) in [6.07, 6.45) is 1.13. The van der Waals surface area contributed by atoms with Gasteiger partial charge in [-0.15, -0.1) is 0 Å². The lowest BCUT2D eigenvalue weighted by atomic mass is 9.73. The number of fused-ring (bicyclic) bond motifs is 1. The van der Waals surface area contributed by atoms with Crippen molar-refractivity contribution < 1.29 is 18.7 Å². The standard InChI is InChI=1S/C29H35FN4O3/c1-29(2)17-23-27(25(35)18-29)28(20-7-9-21(30)10-8-20)34(24-6-4-3-5-22(24)32-23)19-26(36)31-11-12-33-13-15-37-16-14-33/h3-10,28,32H,11-19H2,1-2H3,(H,31,36). The van der Waals surface area contributed by atoms with Gasteiger partial charge in [0.1, 0.15) is 5.82 Å². The predicted molar refractivity (Wildman–Crippen MR) is 142 cm³/mol. The molecule has 0 radical (unpaired) electrons. The molecule has 1 fully saturated rings. The SMILES string of the molecule is CC1(C)CC(=O)C2=C(C1)Nc1ccccc1N(CC(=O)NCCN1CCOCC1)C2c1ccc(F)cc1. The van der Waals surface area contributed by atoms with Crippen LogP contribution in [0.3, 0.4) is 0 Å². The van der Waals surface area contributed by atoms with Crippen LogP contribution < -0.4 is 15.5 Å². The van der Waals surface area contributed by atoms with E-state index in [1.807, 2.05) is 29.2 Å². The lowest BCUT2D eigenvalue weighted by molar-refractivity contribution is -0.120. The third-order valence-electron chi connectivity index (χ3n) is 7.36. The van der Waals surface area contributed by atoms with Gasteiger partial charge < -0.3 is 20.3 Å². The first-order valence-corrected chi connectivity index (χ1v) is 13.0. The first-order valence-electron chi connectivity index (χ1n) is 13.0. The molecule has 196 valence electrons. The number of ether oxygens (including phenoxy) is 1. The van der Waals surface area contributed by atoms with Crippen LogP contribution in [0, 0.1) is 11.2 Å². The fourth-order valence-electron chi connectivity index (χ4n) is 5.61. The highest BCUT2D eigenvalue weighted by atomic mass is 19.1. The average Bonchev–Trinajstić information content (AvgIpc) is 2.99. The summed E-state index contributed by atoms with van der Waals surface area (Å²) in [6.45, 7) is 8.72. The molecular formula is C29H35FN4O3. The van der Waals surface area contributed by atoms with Crippen LogP contribution in [0.4, 0.5) is 15.8 Å². The molecule has 0 saturated carbocycles. The molecule has 1 unspecified atom stereocenters. The summed E-state index contributed by atoms with van der Waals surface area (Å²) in [5, 5.41) is 6.60. The maximum Gasteiger partial charge on any atom is 0.239 e. The van der Waals surface area contributed by atoms with E-state index >= 15 is 0 Å². The molecule has 3 aliphatic rings. The summed E-state index contributed by atoms with van der Waals surface area (Å²) in [5.74, 6) is -0.407. The number of carbonyl (C=O) groups is 2. The highest BCUT2D eigenvalue weighted by Crippen LogP contribution is 2.48. The number of hydrogen-bond donors (Lipinski definition) is 2. The number of halogens is 1. The van der Waals surface area contributed by atoms with Crippen molar-refractivity contribution in [2.24, 2.45) is 5.41 Å². The molecule has 2 aliphatic heterocycles. The number of rotatable bonds is 6. The highest BCUT2D eigenvalue weighted by molar-refractivity contribution is 6.01. The van der Waals surface area contributed by atoms with E-state index in [2.05, 4.69) is 29.4 Å². The molecule has 1 saturated heterocycles. The van der Waals surface area contributed by atoms with E-state index in [0.717, 1.165) is 42.3 Å². The lowest BCUT2D eigenvalue weighted by Gasteiger charge is -2.38. The molecule has 37 heavy (non-hydrogen) atoms. The number of morpholine rings is 1. The quantitative estimate of drug-likeness (QED) is 0.619. The van der Waals surface area contributed by atoms with Crippen molar-refractivity contribution in [2.75, 3.05) is 56.2 Å². The molecule has 0 aromatic heterocycles. The topological polar surface area (TPSA) is 73.9 Å². The zero-order chi connectivity index (χ0) is 26.0. The summed E-state index contributed by atoms with van der Waals surface area (Å²) >= 11 is 0. The fourth-order valence-corrected chi connectivity index (χ4v) is 5.61. The number of nitrogens with one attached hydrogen (secondary N) is 2. The van der Waals surface area contributed by atoms with Gasteiger partial charge in [0, 0.05) is 43.9 Å². The molecule has 1 amide bonds.